The monoisotopic (exact) mass is 270 g/mol. The zero-order valence-corrected chi connectivity index (χ0v) is 11.5. The van der Waals surface area contributed by atoms with Crippen molar-refractivity contribution in [1.82, 2.24) is 10.3 Å². The Labute approximate surface area is 110 Å². The molecule has 100 valence electrons. The van der Waals surface area contributed by atoms with Crippen LogP contribution in [0.5, 0.6) is 0 Å². The van der Waals surface area contributed by atoms with E-state index in [-0.39, 0.29) is 12.5 Å². The minimum Gasteiger partial charge on any atom is -0.394 e. The van der Waals surface area contributed by atoms with Crippen molar-refractivity contribution >= 4 is 17.2 Å². The second kappa shape index (κ2) is 5.34. The summed E-state index contributed by atoms with van der Waals surface area (Å²) in [6.45, 7) is 4.79. The van der Waals surface area contributed by atoms with Gasteiger partial charge in [0.25, 0.3) is 5.91 Å². The van der Waals surface area contributed by atoms with Crippen LogP contribution in [0.15, 0.2) is 0 Å². The van der Waals surface area contributed by atoms with E-state index in [0.29, 0.717) is 30.9 Å². The fourth-order valence-electron chi connectivity index (χ4n) is 2.12. The molecule has 0 unspecified atom stereocenters. The van der Waals surface area contributed by atoms with Gasteiger partial charge in [0, 0.05) is 13.2 Å². The van der Waals surface area contributed by atoms with E-state index in [4.69, 9.17) is 4.74 Å². The summed E-state index contributed by atoms with van der Waals surface area (Å²) < 4.78 is 5.27. The van der Waals surface area contributed by atoms with E-state index in [1.54, 1.807) is 0 Å². The number of aromatic nitrogens is 1. The van der Waals surface area contributed by atoms with E-state index in [2.05, 4.69) is 10.3 Å². The molecule has 0 radical (unpaired) electrons. The van der Waals surface area contributed by atoms with Crippen molar-refractivity contribution in [2.75, 3.05) is 19.8 Å². The standard InChI is InChI=1S/C12H18N2O3S/c1-8-10(18-9(2)13-8)11(16)14-12(7-15)3-5-17-6-4-12/h15H,3-7H2,1-2H3,(H,14,16). The lowest BCUT2D eigenvalue weighted by Crippen LogP contribution is -2.54. The van der Waals surface area contributed by atoms with Crippen molar-refractivity contribution < 1.29 is 14.6 Å². The van der Waals surface area contributed by atoms with Crippen LogP contribution in [-0.4, -0.2) is 41.4 Å². The Bertz CT molecular complexity index is 439. The number of ether oxygens (including phenoxy) is 1. The third kappa shape index (κ3) is 2.71. The molecule has 2 N–H and O–H groups in total. The topological polar surface area (TPSA) is 71.5 Å². The fourth-order valence-corrected chi connectivity index (χ4v) is 2.94. The van der Waals surface area contributed by atoms with Crippen molar-refractivity contribution in [3.8, 4) is 0 Å². The van der Waals surface area contributed by atoms with Gasteiger partial charge in [0.2, 0.25) is 0 Å². The highest BCUT2D eigenvalue weighted by molar-refractivity contribution is 7.13. The smallest absolute Gasteiger partial charge is 0.263 e. The van der Waals surface area contributed by atoms with Crippen LogP contribution in [0.3, 0.4) is 0 Å². The number of rotatable bonds is 3. The summed E-state index contributed by atoms with van der Waals surface area (Å²) in [4.78, 5) is 17.1. The summed E-state index contributed by atoms with van der Waals surface area (Å²) >= 11 is 1.38. The van der Waals surface area contributed by atoms with Gasteiger partial charge in [-0.15, -0.1) is 11.3 Å². The molecule has 6 heteroatoms. The Kier molecular flexibility index (Phi) is 3.99. The van der Waals surface area contributed by atoms with Crippen LogP contribution in [0, 0.1) is 13.8 Å². The van der Waals surface area contributed by atoms with Crippen LogP contribution in [0.4, 0.5) is 0 Å². The van der Waals surface area contributed by atoms with Crippen molar-refractivity contribution in [3.05, 3.63) is 15.6 Å². The number of carbonyl (C=O) groups is 1. The SMILES string of the molecule is Cc1nc(C)c(C(=O)NC2(CO)CCOCC2)s1. The molecule has 5 nitrogen and oxygen atoms in total. The van der Waals surface area contributed by atoms with Crippen molar-refractivity contribution in [2.45, 2.75) is 32.2 Å². The molecule has 1 saturated heterocycles. The number of aliphatic hydroxyl groups excluding tert-OH is 1. The molecule has 0 saturated carbocycles. The van der Waals surface area contributed by atoms with Gasteiger partial charge in [-0.1, -0.05) is 0 Å². The molecule has 0 spiro atoms. The summed E-state index contributed by atoms with van der Waals surface area (Å²) in [5.74, 6) is -0.144. The van der Waals surface area contributed by atoms with E-state index < -0.39 is 5.54 Å². The third-order valence-electron chi connectivity index (χ3n) is 3.24. The first-order valence-electron chi connectivity index (χ1n) is 6.01. The number of nitrogens with one attached hydrogen (secondary N) is 1. The molecule has 1 aliphatic rings. The Hall–Kier alpha value is -0.980. The molecule has 0 aromatic carbocycles. The summed E-state index contributed by atoms with van der Waals surface area (Å²) in [5, 5.41) is 13.4. The van der Waals surface area contributed by atoms with E-state index in [1.807, 2.05) is 13.8 Å². The maximum absolute atomic E-state index is 12.2. The highest BCUT2D eigenvalue weighted by Gasteiger charge is 2.34. The highest BCUT2D eigenvalue weighted by atomic mass is 32.1. The normalized spacial score (nSPS) is 18.6. The predicted octanol–water partition coefficient (Wildman–Crippen LogP) is 1.03. The van der Waals surface area contributed by atoms with Crippen molar-refractivity contribution in [2.24, 2.45) is 0 Å². The molecular formula is C12H18N2O3S. The van der Waals surface area contributed by atoms with Gasteiger partial charge in [-0.3, -0.25) is 4.79 Å². The van der Waals surface area contributed by atoms with Gasteiger partial charge in [0.05, 0.1) is 22.8 Å². The van der Waals surface area contributed by atoms with Crippen molar-refractivity contribution in [1.29, 1.82) is 0 Å². The Balaban J connectivity index is 2.12. The molecule has 0 atom stereocenters. The first kappa shape index (κ1) is 13.5. The quantitative estimate of drug-likeness (QED) is 0.860. The lowest BCUT2D eigenvalue weighted by atomic mass is 9.91. The molecule has 1 fully saturated rings. The number of hydrogen-bond donors (Lipinski definition) is 2. The maximum Gasteiger partial charge on any atom is 0.263 e. The molecule has 1 amide bonds. The molecule has 0 aliphatic carbocycles. The average Bonchev–Trinajstić information content (AvgIpc) is 2.70. The van der Waals surface area contributed by atoms with Crippen LogP contribution in [-0.2, 0) is 4.74 Å². The first-order chi connectivity index (χ1) is 8.56. The number of aliphatic hydroxyl groups is 1. The van der Waals surface area contributed by atoms with Gasteiger partial charge in [-0.25, -0.2) is 4.98 Å². The lowest BCUT2D eigenvalue weighted by Gasteiger charge is -2.36. The third-order valence-corrected chi connectivity index (χ3v) is 4.31. The molecule has 0 bridgehead atoms. The summed E-state index contributed by atoms with van der Waals surface area (Å²) in [6.07, 6.45) is 1.29. The number of carbonyl (C=O) groups excluding carboxylic acids is 1. The van der Waals surface area contributed by atoms with E-state index in [0.717, 1.165) is 10.7 Å². The second-order valence-corrected chi connectivity index (χ2v) is 5.86. The number of thiazole rings is 1. The molecule has 1 aromatic heterocycles. The first-order valence-corrected chi connectivity index (χ1v) is 6.83. The van der Waals surface area contributed by atoms with E-state index in [1.165, 1.54) is 11.3 Å². The van der Waals surface area contributed by atoms with Gasteiger partial charge in [0.1, 0.15) is 4.88 Å². The maximum atomic E-state index is 12.2. The zero-order chi connectivity index (χ0) is 13.2. The highest BCUT2D eigenvalue weighted by Crippen LogP contribution is 2.23. The number of aryl methyl sites for hydroxylation is 2. The largest absolute Gasteiger partial charge is 0.394 e. The van der Waals surface area contributed by atoms with Crippen molar-refractivity contribution in [3.63, 3.8) is 0 Å². The molecule has 2 heterocycles. The fraction of sp³-hybridized carbons (Fsp3) is 0.667. The molecule has 2 rings (SSSR count). The van der Waals surface area contributed by atoms with Gasteiger partial charge >= 0.3 is 0 Å². The molecule has 18 heavy (non-hydrogen) atoms. The number of amides is 1. The molecule has 1 aliphatic heterocycles. The number of hydrogen-bond acceptors (Lipinski definition) is 5. The Morgan fingerprint density at radius 2 is 2.17 bits per heavy atom. The predicted molar refractivity (Wildman–Crippen MR) is 68.9 cm³/mol. The van der Waals surface area contributed by atoms with Crippen LogP contribution < -0.4 is 5.32 Å². The van der Waals surface area contributed by atoms with Gasteiger partial charge in [-0.2, -0.15) is 0 Å². The summed E-state index contributed by atoms with van der Waals surface area (Å²) in [5.41, 5.74) is 0.204. The van der Waals surface area contributed by atoms with E-state index >= 15 is 0 Å². The Morgan fingerprint density at radius 3 is 2.67 bits per heavy atom. The minimum atomic E-state index is -0.542. The van der Waals surface area contributed by atoms with Crippen LogP contribution in [0.1, 0.15) is 33.2 Å². The summed E-state index contributed by atoms with van der Waals surface area (Å²) in [6, 6.07) is 0. The van der Waals surface area contributed by atoms with Gasteiger partial charge in [0.15, 0.2) is 0 Å². The second-order valence-electron chi connectivity index (χ2n) is 4.65. The number of nitrogens with zero attached hydrogens (tertiary/aromatic N) is 1. The van der Waals surface area contributed by atoms with Gasteiger partial charge in [-0.05, 0) is 26.7 Å². The van der Waals surface area contributed by atoms with Crippen LogP contribution in [0.2, 0.25) is 0 Å². The zero-order valence-electron chi connectivity index (χ0n) is 10.7. The summed E-state index contributed by atoms with van der Waals surface area (Å²) in [7, 11) is 0. The minimum absolute atomic E-state index is 0.0566. The van der Waals surface area contributed by atoms with Crippen LogP contribution >= 0.6 is 11.3 Å². The molecule has 1 aromatic rings. The van der Waals surface area contributed by atoms with Crippen LogP contribution in [0.25, 0.3) is 0 Å². The lowest BCUT2D eigenvalue weighted by molar-refractivity contribution is 0.0126. The van der Waals surface area contributed by atoms with Gasteiger partial charge < -0.3 is 15.2 Å². The molecular weight excluding hydrogens is 252 g/mol. The average molecular weight is 270 g/mol. The Morgan fingerprint density at radius 1 is 1.50 bits per heavy atom. The van der Waals surface area contributed by atoms with E-state index in [9.17, 15) is 9.90 Å².